The first-order valence-corrected chi connectivity index (χ1v) is 8.23. The maximum Gasteiger partial charge on any atom is 0.259 e. The molecule has 0 radical (unpaired) electrons. The third-order valence-electron chi connectivity index (χ3n) is 4.68. The number of hydrogen-bond acceptors (Lipinski definition) is 4. The van der Waals surface area contributed by atoms with Gasteiger partial charge in [0, 0.05) is 37.4 Å². The summed E-state index contributed by atoms with van der Waals surface area (Å²) in [5.41, 5.74) is 2.07. The number of nitrogens with zero attached hydrogens (tertiary/aromatic N) is 6. The van der Waals surface area contributed by atoms with Crippen LogP contribution in [-0.4, -0.2) is 48.0 Å². The van der Waals surface area contributed by atoms with Crippen LogP contribution in [0, 0.1) is 13.8 Å². The molecule has 7 heteroatoms. The van der Waals surface area contributed by atoms with Gasteiger partial charge in [-0.05, 0) is 32.8 Å². The van der Waals surface area contributed by atoms with Crippen LogP contribution in [0.5, 0.6) is 0 Å². The second kappa shape index (κ2) is 5.74. The number of aryl methyl sites for hydroxylation is 2. The van der Waals surface area contributed by atoms with Gasteiger partial charge < -0.3 is 9.47 Å². The molecule has 1 amide bonds. The largest absolute Gasteiger partial charge is 0.336 e. The van der Waals surface area contributed by atoms with E-state index in [4.69, 9.17) is 0 Å². The number of piperidine rings is 1. The lowest BCUT2D eigenvalue weighted by molar-refractivity contribution is 0.0680. The molecule has 1 atom stereocenters. The van der Waals surface area contributed by atoms with Gasteiger partial charge in [0.1, 0.15) is 11.4 Å². The average Bonchev–Trinajstić information content (AvgIpc) is 3.20. The van der Waals surface area contributed by atoms with E-state index < -0.39 is 0 Å². The molecule has 3 aromatic heterocycles. The molecule has 1 saturated heterocycles. The van der Waals surface area contributed by atoms with Crippen molar-refractivity contribution in [3.05, 3.63) is 47.9 Å². The molecule has 0 N–H and O–H groups in total. The molecule has 0 spiro atoms. The van der Waals surface area contributed by atoms with Crippen molar-refractivity contribution in [1.82, 2.24) is 29.0 Å². The fraction of sp³-hybridized carbons (Fsp3) is 0.412. The maximum absolute atomic E-state index is 13.0. The number of hydrogen-bond donors (Lipinski definition) is 0. The van der Waals surface area contributed by atoms with E-state index in [1.165, 1.54) is 0 Å². The van der Waals surface area contributed by atoms with E-state index in [0.29, 0.717) is 17.8 Å². The lowest BCUT2D eigenvalue weighted by Crippen LogP contribution is -2.40. The highest BCUT2D eigenvalue weighted by Crippen LogP contribution is 2.24. The minimum absolute atomic E-state index is 0.00516. The summed E-state index contributed by atoms with van der Waals surface area (Å²) in [6, 6.07) is 2.16. The Labute approximate surface area is 139 Å². The standard InChI is InChI=1S/C17H20N6O/c1-12-5-8-23-16(20-12)15(10-19-23)17(24)21-7-3-4-14(11-21)22-9-6-18-13(22)2/h5-6,8-10,14H,3-4,7,11H2,1-2H3/t14-/m0/s1. The van der Waals surface area contributed by atoms with Gasteiger partial charge in [0.2, 0.25) is 0 Å². The van der Waals surface area contributed by atoms with Gasteiger partial charge in [-0.2, -0.15) is 5.10 Å². The van der Waals surface area contributed by atoms with Crippen LogP contribution >= 0.6 is 0 Å². The summed E-state index contributed by atoms with van der Waals surface area (Å²) in [6.45, 7) is 5.38. The van der Waals surface area contributed by atoms with E-state index in [2.05, 4.69) is 19.6 Å². The number of amides is 1. The molecule has 0 saturated carbocycles. The molecule has 7 nitrogen and oxygen atoms in total. The lowest BCUT2D eigenvalue weighted by Gasteiger charge is -2.33. The zero-order valence-corrected chi connectivity index (χ0v) is 13.9. The minimum atomic E-state index is 0.00516. The van der Waals surface area contributed by atoms with Gasteiger partial charge in [0.15, 0.2) is 5.65 Å². The molecule has 3 aromatic rings. The van der Waals surface area contributed by atoms with Crippen LogP contribution in [0.25, 0.3) is 5.65 Å². The molecule has 1 aliphatic rings. The Morgan fingerprint density at radius 2 is 2.17 bits per heavy atom. The van der Waals surface area contributed by atoms with Crippen LogP contribution in [-0.2, 0) is 0 Å². The number of carbonyl (C=O) groups excluding carboxylic acids is 1. The molecule has 124 valence electrons. The average molecular weight is 324 g/mol. The molecule has 1 aliphatic heterocycles. The SMILES string of the molecule is Cc1ccn2ncc(C(=O)N3CCC[C@H](n4ccnc4C)C3)c2n1. The Morgan fingerprint density at radius 1 is 1.29 bits per heavy atom. The number of aromatic nitrogens is 5. The summed E-state index contributed by atoms with van der Waals surface area (Å²) >= 11 is 0. The third kappa shape index (κ3) is 2.46. The second-order valence-corrected chi connectivity index (χ2v) is 6.32. The van der Waals surface area contributed by atoms with Crippen molar-refractivity contribution in [2.45, 2.75) is 32.7 Å². The number of carbonyl (C=O) groups is 1. The van der Waals surface area contributed by atoms with Gasteiger partial charge in [0.05, 0.1) is 12.2 Å². The Balaban J connectivity index is 1.61. The predicted octanol–water partition coefficient (Wildman–Crippen LogP) is 2.02. The highest BCUT2D eigenvalue weighted by Gasteiger charge is 2.28. The van der Waals surface area contributed by atoms with Crippen LogP contribution in [0.1, 0.15) is 40.8 Å². The van der Waals surface area contributed by atoms with E-state index in [9.17, 15) is 4.79 Å². The summed E-state index contributed by atoms with van der Waals surface area (Å²) < 4.78 is 3.82. The molecule has 0 unspecified atom stereocenters. The van der Waals surface area contributed by atoms with Crippen LogP contribution in [0.2, 0.25) is 0 Å². The summed E-state index contributed by atoms with van der Waals surface area (Å²) in [7, 11) is 0. The first-order valence-electron chi connectivity index (χ1n) is 8.23. The highest BCUT2D eigenvalue weighted by atomic mass is 16.2. The minimum Gasteiger partial charge on any atom is -0.336 e. The normalized spacial score (nSPS) is 18.2. The molecule has 24 heavy (non-hydrogen) atoms. The third-order valence-corrected chi connectivity index (χ3v) is 4.68. The topological polar surface area (TPSA) is 68.3 Å². The summed E-state index contributed by atoms with van der Waals surface area (Å²) in [6.07, 6.45) is 9.31. The molecule has 0 bridgehead atoms. The molecule has 4 rings (SSSR count). The van der Waals surface area contributed by atoms with Crippen LogP contribution in [0.3, 0.4) is 0 Å². The van der Waals surface area contributed by atoms with Crippen molar-refractivity contribution in [3.63, 3.8) is 0 Å². The zero-order valence-electron chi connectivity index (χ0n) is 13.9. The highest BCUT2D eigenvalue weighted by molar-refractivity contribution is 5.99. The van der Waals surface area contributed by atoms with Crippen molar-refractivity contribution in [2.75, 3.05) is 13.1 Å². The smallest absolute Gasteiger partial charge is 0.259 e. The number of fused-ring (bicyclic) bond motifs is 1. The molecule has 0 aliphatic carbocycles. The number of rotatable bonds is 2. The lowest BCUT2D eigenvalue weighted by atomic mass is 10.0. The van der Waals surface area contributed by atoms with E-state index in [-0.39, 0.29) is 11.9 Å². The summed E-state index contributed by atoms with van der Waals surface area (Å²) in [5.74, 6) is 0.994. The van der Waals surface area contributed by atoms with Gasteiger partial charge in [-0.3, -0.25) is 4.79 Å². The van der Waals surface area contributed by atoms with Crippen molar-refractivity contribution < 1.29 is 4.79 Å². The Hall–Kier alpha value is -2.70. The quantitative estimate of drug-likeness (QED) is 0.723. The van der Waals surface area contributed by atoms with Gasteiger partial charge >= 0.3 is 0 Å². The van der Waals surface area contributed by atoms with E-state index in [1.54, 1.807) is 10.7 Å². The van der Waals surface area contributed by atoms with Gasteiger partial charge in [-0.15, -0.1) is 0 Å². The van der Waals surface area contributed by atoms with E-state index in [1.807, 2.05) is 43.4 Å². The van der Waals surface area contributed by atoms with Gasteiger partial charge in [0.25, 0.3) is 5.91 Å². The maximum atomic E-state index is 13.0. The Kier molecular flexibility index (Phi) is 3.55. The van der Waals surface area contributed by atoms with Crippen LogP contribution in [0.15, 0.2) is 30.9 Å². The number of imidazole rings is 1. The molecule has 1 fully saturated rings. The summed E-state index contributed by atoms with van der Waals surface area (Å²) in [4.78, 5) is 23.7. The molecular weight excluding hydrogens is 304 g/mol. The van der Waals surface area contributed by atoms with Gasteiger partial charge in [-0.25, -0.2) is 14.5 Å². The fourth-order valence-electron chi connectivity index (χ4n) is 3.42. The Bertz CT molecular complexity index is 896. The molecule has 4 heterocycles. The van der Waals surface area contributed by atoms with Crippen LogP contribution < -0.4 is 0 Å². The molecular formula is C17H20N6O. The fourth-order valence-corrected chi connectivity index (χ4v) is 3.42. The van der Waals surface area contributed by atoms with E-state index >= 15 is 0 Å². The van der Waals surface area contributed by atoms with E-state index in [0.717, 1.165) is 30.9 Å². The first kappa shape index (κ1) is 14.9. The van der Waals surface area contributed by atoms with Crippen molar-refractivity contribution in [1.29, 1.82) is 0 Å². The first-order chi connectivity index (χ1) is 11.6. The van der Waals surface area contributed by atoms with Crippen molar-refractivity contribution in [3.8, 4) is 0 Å². The zero-order chi connectivity index (χ0) is 16.7. The van der Waals surface area contributed by atoms with Gasteiger partial charge in [-0.1, -0.05) is 0 Å². The van der Waals surface area contributed by atoms with Crippen LogP contribution in [0.4, 0.5) is 0 Å². The molecule has 0 aromatic carbocycles. The number of likely N-dealkylation sites (tertiary alicyclic amines) is 1. The predicted molar refractivity (Wildman–Crippen MR) is 88.9 cm³/mol. The van der Waals surface area contributed by atoms with Crippen molar-refractivity contribution >= 4 is 11.6 Å². The monoisotopic (exact) mass is 324 g/mol. The summed E-state index contributed by atoms with van der Waals surface area (Å²) in [5, 5.41) is 4.25. The second-order valence-electron chi connectivity index (χ2n) is 6.32. The Morgan fingerprint density at radius 3 is 2.96 bits per heavy atom. The van der Waals surface area contributed by atoms with Crippen molar-refractivity contribution in [2.24, 2.45) is 0 Å².